The first kappa shape index (κ1) is 13.9. The molecule has 0 atom stereocenters. The number of halogens is 1. The molecular formula is C20H13I. The maximum atomic E-state index is 3.20. The van der Waals surface area contributed by atoms with Gasteiger partial charge in [0.05, 0.1) is 0 Å². The predicted octanol–water partition coefficient (Wildman–Crippen LogP) is 5.36. The zero-order valence-electron chi connectivity index (χ0n) is 11.4. The van der Waals surface area contributed by atoms with Crippen LogP contribution in [0, 0.1) is 15.4 Å². The molecule has 0 spiro atoms. The molecule has 0 heterocycles. The van der Waals surface area contributed by atoms with Crippen molar-refractivity contribution in [3.8, 4) is 23.0 Å². The molecule has 0 aliphatic rings. The van der Waals surface area contributed by atoms with Gasteiger partial charge in [-0.1, -0.05) is 54.3 Å². The largest absolute Gasteiger partial charge is 0.0622 e. The summed E-state index contributed by atoms with van der Waals surface area (Å²) in [5, 5.41) is 0. The van der Waals surface area contributed by atoms with Crippen LogP contribution < -0.4 is 0 Å². The first-order valence-electron chi connectivity index (χ1n) is 6.74. The zero-order valence-corrected chi connectivity index (χ0v) is 13.5. The van der Waals surface area contributed by atoms with E-state index in [1.807, 2.05) is 30.3 Å². The molecule has 21 heavy (non-hydrogen) atoms. The van der Waals surface area contributed by atoms with Crippen LogP contribution >= 0.6 is 22.6 Å². The zero-order chi connectivity index (χ0) is 14.5. The molecule has 0 nitrogen and oxygen atoms in total. The summed E-state index contributed by atoms with van der Waals surface area (Å²) in [5.74, 6) is 6.37. The van der Waals surface area contributed by atoms with Crippen molar-refractivity contribution in [1.29, 1.82) is 0 Å². The Kier molecular flexibility index (Phi) is 4.37. The highest BCUT2D eigenvalue weighted by Crippen LogP contribution is 2.20. The Morgan fingerprint density at radius 2 is 1.00 bits per heavy atom. The second-order valence-electron chi connectivity index (χ2n) is 4.70. The van der Waals surface area contributed by atoms with Crippen LogP contribution in [0.15, 0.2) is 78.9 Å². The molecule has 0 saturated carbocycles. The molecule has 1 heteroatoms. The highest BCUT2D eigenvalue weighted by Gasteiger charge is 1.97. The summed E-state index contributed by atoms with van der Waals surface area (Å²) in [6.07, 6.45) is 0. The Balaban J connectivity index is 1.82. The molecule has 0 radical (unpaired) electrons. The van der Waals surface area contributed by atoms with E-state index in [9.17, 15) is 0 Å². The summed E-state index contributed by atoms with van der Waals surface area (Å²) in [5.41, 5.74) is 4.53. The second kappa shape index (κ2) is 6.60. The highest BCUT2D eigenvalue weighted by atomic mass is 127. The fourth-order valence-electron chi connectivity index (χ4n) is 2.05. The van der Waals surface area contributed by atoms with Crippen molar-refractivity contribution in [2.45, 2.75) is 0 Å². The summed E-state index contributed by atoms with van der Waals surface area (Å²) in [4.78, 5) is 0. The molecule has 0 unspecified atom stereocenters. The molecule has 0 bridgehead atoms. The van der Waals surface area contributed by atoms with Gasteiger partial charge in [-0.05, 0) is 70.1 Å². The van der Waals surface area contributed by atoms with Crippen molar-refractivity contribution in [3.63, 3.8) is 0 Å². The lowest BCUT2D eigenvalue weighted by Crippen LogP contribution is -1.80. The van der Waals surface area contributed by atoms with E-state index in [1.165, 1.54) is 14.7 Å². The van der Waals surface area contributed by atoms with Crippen LogP contribution in [0.3, 0.4) is 0 Å². The highest BCUT2D eigenvalue weighted by molar-refractivity contribution is 14.1. The van der Waals surface area contributed by atoms with E-state index in [-0.39, 0.29) is 0 Å². The smallest absolute Gasteiger partial charge is 0.0249 e. The molecule has 0 aromatic heterocycles. The van der Waals surface area contributed by atoms with E-state index >= 15 is 0 Å². The van der Waals surface area contributed by atoms with Gasteiger partial charge in [0.15, 0.2) is 0 Å². The Hall–Kier alpha value is -2.05. The summed E-state index contributed by atoms with van der Waals surface area (Å²) in [6, 6.07) is 27.0. The lowest BCUT2D eigenvalue weighted by Gasteiger charge is -2.01. The minimum atomic E-state index is 1.04. The third kappa shape index (κ3) is 3.74. The van der Waals surface area contributed by atoms with Gasteiger partial charge in [0.2, 0.25) is 0 Å². The Morgan fingerprint density at radius 1 is 0.524 bits per heavy atom. The lowest BCUT2D eigenvalue weighted by atomic mass is 10.0. The fourth-order valence-corrected chi connectivity index (χ4v) is 2.41. The quantitative estimate of drug-likeness (QED) is 0.394. The van der Waals surface area contributed by atoms with Gasteiger partial charge in [-0.15, -0.1) is 0 Å². The number of rotatable bonds is 1. The van der Waals surface area contributed by atoms with E-state index in [1.54, 1.807) is 0 Å². The SMILES string of the molecule is Ic1ccc(-c2ccc(C#Cc3ccccc3)cc2)cc1. The van der Waals surface area contributed by atoms with Crippen molar-refractivity contribution in [3.05, 3.63) is 93.6 Å². The van der Waals surface area contributed by atoms with Crippen LogP contribution in [-0.4, -0.2) is 0 Å². The number of hydrogen-bond acceptors (Lipinski definition) is 0. The predicted molar refractivity (Wildman–Crippen MR) is 97.0 cm³/mol. The van der Waals surface area contributed by atoms with E-state index in [0.717, 1.165) is 11.1 Å². The molecule has 3 rings (SSSR count). The minimum Gasteiger partial charge on any atom is -0.0622 e. The average Bonchev–Trinajstić information content (AvgIpc) is 2.55. The Bertz CT molecular complexity index is 773. The van der Waals surface area contributed by atoms with Gasteiger partial charge in [-0.2, -0.15) is 0 Å². The Labute approximate surface area is 139 Å². The Morgan fingerprint density at radius 3 is 1.57 bits per heavy atom. The van der Waals surface area contributed by atoms with Crippen LogP contribution in [0.2, 0.25) is 0 Å². The summed E-state index contributed by atoms with van der Waals surface area (Å²) >= 11 is 2.32. The maximum Gasteiger partial charge on any atom is 0.0249 e. The van der Waals surface area contributed by atoms with E-state index in [4.69, 9.17) is 0 Å². The van der Waals surface area contributed by atoms with Gasteiger partial charge in [0, 0.05) is 14.7 Å². The van der Waals surface area contributed by atoms with Gasteiger partial charge < -0.3 is 0 Å². The fraction of sp³-hybridized carbons (Fsp3) is 0. The van der Waals surface area contributed by atoms with Crippen LogP contribution in [0.1, 0.15) is 11.1 Å². The maximum absolute atomic E-state index is 3.20. The average molecular weight is 380 g/mol. The van der Waals surface area contributed by atoms with Gasteiger partial charge in [0.25, 0.3) is 0 Å². The lowest BCUT2D eigenvalue weighted by molar-refractivity contribution is 1.57. The number of benzene rings is 3. The van der Waals surface area contributed by atoms with Crippen molar-refractivity contribution in [2.24, 2.45) is 0 Å². The topological polar surface area (TPSA) is 0 Å². The van der Waals surface area contributed by atoms with Gasteiger partial charge >= 0.3 is 0 Å². The normalized spacial score (nSPS) is 9.76. The van der Waals surface area contributed by atoms with Crippen LogP contribution in [-0.2, 0) is 0 Å². The monoisotopic (exact) mass is 380 g/mol. The summed E-state index contributed by atoms with van der Waals surface area (Å²) in [7, 11) is 0. The van der Waals surface area contributed by atoms with E-state index in [2.05, 4.69) is 83.0 Å². The first-order chi connectivity index (χ1) is 10.3. The van der Waals surface area contributed by atoms with Crippen molar-refractivity contribution in [1.82, 2.24) is 0 Å². The third-order valence-electron chi connectivity index (χ3n) is 3.19. The molecule has 0 saturated heterocycles. The van der Waals surface area contributed by atoms with Gasteiger partial charge in [-0.25, -0.2) is 0 Å². The molecule has 3 aromatic carbocycles. The van der Waals surface area contributed by atoms with Crippen LogP contribution in [0.5, 0.6) is 0 Å². The second-order valence-corrected chi connectivity index (χ2v) is 5.95. The summed E-state index contributed by atoms with van der Waals surface area (Å²) < 4.78 is 1.25. The third-order valence-corrected chi connectivity index (χ3v) is 3.91. The molecule has 0 aliphatic carbocycles. The van der Waals surface area contributed by atoms with Crippen molar-refractivity contribution >= 4 is 22.6 Å². The van der Waals surface area contributed by atoms with Crippen molar-refractivity contribution in [2.75, 3.05) is 0 Å². The summed E-state index contributed by atoms with van der Waals surface area (Å²) in [6.45, 7) is 0. The van der Waals surface area contributed by atoms with Crippen molar-refractivity contribution < 1.29 is 0 Å². The van der Waals surface area contributed by atoms with E-state index in [0.29, 0.717) is 0 Å². The first-order valence-corrected chi connectivity index (χ1v) is 7.82. The molecule has 100 valence electrons. The van der Waals surface area contributed by atoms with Crippen LogP contribution in [0.25, 0.3) is 11.1 Å². The molecule has 3 aromatic rings. The van der Waals surface area contributed by atoms with Gasteiger partial charge in [-0.3, -0.25) is 0 Å². The molecule has 0 amide bonds. The molecule has 0 aliphatic heterocycles. The van der Waals surface area contributed by atoms with Gasteiger partial charge in [0.1, 0.15) is 0 Å². The molecule has 0 N–H and O–H groups in total. The standard InChI is InChI=1S/C20H13I/c21-20-14-12-19(13-15-20)18-10-8-17(9-11-18)7-6-16-4-2-1-3-5-16/h1-5,8-15H. The number of hydrogen-bond donors (Lipinski definition) is 0. The molecular weight excluding hydrogens is 367 g/mol. The molecule has 0 fully saturated rings. The van der Waals surface area contributed by atoms with Crippen LogP contribution in [0.4, 0.5) is 0 Å². The van der Waals surface area contributed by atoms with E-state index < -0.39 is 0 Å². The minimum absolute atomic E-state index is 1.04.